The molecular weight excluding hydrogens is 412 g/mol. The molecule has 1 saturated heterocycles. The molecule has 1 amide bonds. The number of thiazole rings is 1. The molecular formula is C20H17ClN4O3S. The fraction of sp³-hybridized carbons (Fsp3) is 0.200. The van der Waals surface area contributed by atoms with E-state index in [0.29, 0.717) is 31.2 Å². The Labute approximate surface area is 176 Å². The largest absolute Gasteiger partial charge is 0.345 e. The van der Waals surface area contributed by atoms with Crippen LogP contribution in [0.5, 0.6) is 0 Å². The molecule has 7 nitrogen and oxygen atoms in total. The monoisotopic (exact) mass is 428 g/mol. The fourth-order valence-corrected chi connectivity index (χ4v) is 4.45. The van der Waals surface area contributed by atoms with Crippen LogP contribution in [0.1, 0.15) is 5.56 Å². The normalized spacial score (nSPS) is 14.7. The van der Waals surface area contributed by atoms with E-state index in [4.69, 9.17) is 11.6 Å². The van der Waals surface area contributed by atoms with Crippen LogP contribution >= 0.6 is 22.9 Å². The van der Waals surface area contributed by atoms with Crippen molar-refractivity contribution in [3.8, 4) is 0 Å². The number of nitro benzene ring substituents is 1. The van der Waals surface area contributed by atoms with E-state index >= 15 is 0 Å². The number of nitrogens with zero attached hydrogens (tertiary/aromatic N) is 4. The van der Waals surface area contributed by atoms with Crippen LogP contribution in [0.15, 0.2) is 48.5 Å². The van der Waals surface area contributed by atoms with Gasteiger partial charge in [-0.25, -0.2) is 4.98 Å². The van der Waals surface area contributed by atoms with Crippen molar-refractivity contribution in [3.63, 3.8) is 0 Å². The second-order valence-corrected chi connectivity index (χ2v) is 7.99. The molecule has 0 aliphatic carbocycles. The zero-order chi connectivity index (χ0) is 20.4. The second-order valence-electron chi connectivity index (χ2n) is 6.58. The summed E-state index contributed by atoms with van der Waals surface area (Å²) < 4.78 is 1.05. The molecule has 0 N–H and O–H groups in total. The molecule has 1 aliphatic heterocycles. The third kappa shape index (κ3) is 4.23. The highest BCUT2D eigenvalue weighted by Gasteiger charge is 2.22. The summed E-state index contributed by atoms with van der Waals surface area (Å²) in [5, 5.41) is 12.3. The van der Waals surface area contributed by atoms with Gasteiger partial charge in [0.2, 0.25) is 5.91 Å². The zero-order valence-corrected chi connectivity index (χ0v) is 16.9. The van der Waals surface area contributed by atoms with Crippen molar-refractivity contribution in [3.05, 3.63) is 69.2 Å². The number of benzene rings is 2. The number of rotatable bonds is 4. The molecule has 9 heteroatoms. The van der Waals surface area contributed by atoms with E-state index in [0.717, 1.165) is 20.9 Å². The molecule has 2 aromatic carbocycles. The first-order chi connectivity index (χ1) is 14.0. The molecule has 148 valence electrons. The SMILES string of the molecule is O=C(/C=C/c1ccc([N+](=O)[O-])cc1)N1CCN(c2nc3c(Cl)cccc3s2)CC1. The van der Waals surface area contributed by atoms with Gasteiger partial charge < -0.3 is 9.80 Å². The Morgan fingerprint density at radius 1 is 1.14 bits per heavy atom. The van der Waals surface area contributed by atoms with Gasteiger partial charge in [-0.05, 0) is 35.9 Å². The fourth-order valence-electron chi connectivity index (χ4n) is 3.14. The molecule has 1 fully saturated rings. The predicted molar refractivity (Wildman–Crippen MR) is 116 cm³/mol. The number of piperazine rings is 1. The van der Waals surface area contributed by atoms with Crippen LogP contribution in [0, 0.1) is 10.1 Å². The third-order valence-corrected chi connectivity index (χ3v) is 6.13. The quantitative estimate of drug-likeness (QED) is 0.353. The van der Waals surface area contributed by atoms with Gasteiger partial charge in [0.25, 0.3) is 5.69 Å². The minimum atomic E-state index is -0.447. The lowest BCUT2D eigenvalue weighted by Crippen LogP contribution is -2.48. The van der Waals surface area contributed by atoms with Crippen molar-refractivity contribution in [2.45, 2.75) is 0 Å². The van der Waals surface area contributed by atoms with Gasteiger partial charge in [-0.1, -0.05) is 29.0 Å². The van der Waals surface area contributed by atoms with Gasteiger partial charge in [0.05, 0.1) is 14.6 Å². The van der Waals surface area contributed by atoms with Crippen molar-refractivity contribution in [1.82, 2.24) is 9.88 Å². The summed E-state index contributed by atoms with van der Waals surface area (Å²) in [4.78, 5) is 31.3. The summed E-state index contributed by atoms with van der Waals surface area (Å²) in [7, 11) is 0. The Balaban J connectivity index is 1.36. The topological polar surface area (TPSA) is 79.6 Å². The second kappa shape index (κ2) is 8.18. The van der Waals surface area contributed by atoms with Crippen LogP contribution in [0.4, 0.5) is 10.8 Å². The Bertz CT molecular complexity index is 1090. The number of fused-ring (bicyclic) bond motifs is 1. The van der Waals surface area contributed by atoms with Crippen LogP contribution in [0.2, 0.25) is 5.02 Å². The van der Waals surface area contributed by atoms with Crippen LogP contribution in [-0.4, -0.2) is 46.9 Å². The molecule has 0 radical (unpaired) electrons. The number of halogens is 1. The average Bonchev–Trinajstić information content (AvgIpc) is 3.18. The molecule has 0 bridgehead atoms. The summed E-state index contributed by atoms with van der Waals surface area (Å²) >= 11 is 7.82. The lowest BCUT2D eigenvalue weighted by Gasteiger charge is -2.34. The summed E-state index contributed by atoms with van der Waals surface area (Å²) in [6.07, 6.45) is 3.18. The number of carbonyl (C=O) groups is 1. The number of anilines is 1. The van der Waals surface area contributed by atoms with Gasteiger partial charge in [0.15, 0.2) is 5.13 Å². The Hall–Kier alpha value is -2.97. The summed E-state index contributed by atoms with van der Waals surface area (Å²) in [6, 6.07) is 11.9. The number of amides is 1. The van der Waals surface area contributed by atoms with E-state index in [-0.39, 0.29) is 11.6 Å². The summed E-state index contributed by atoms with van der Waals surface area (Å²) in [5.41, 5.74) is 1.59. The first kappa shape index (κ1) is 19.4. The highest BCUT2D eigenvalue weighted by molar-refractivity contribution is 7.22. The standard InChI is InChI=1S/C20H17ClN4O3S/c21-16-2-1-3-17-19(16)22-20(29-17)24-12-10-23(11-13-24)18(26)9-6-14-4-7-15(8-5-14)25(27)28/h1-9H,10-13H2/b9-6+. The van der Waals surface area contributed by atoms with Crippen molar-refractivity contribution >= 4 is 56.0 Å². The van der Waals surface area contributed by atoms with Gasteiger partial charge in [-0.2, -0.15) is 0 Å². The van der Waals surface area contributed by atoms with Gasteiger partial charge in [0.1, 0.15) is 5.52 Å². The number of hydrogen-bond donors (Lipinski definition) is 0. The molecule has 0 spiro atoms. The number of non-ortho nitro benzene ring substituents is 1. The maximum absolute atomic E-state index is 12.5. The number of carbonyl (C=O) groups excluding carboxylic acids is 1. The van der Waals surface area contributed by atoms with E-state index in [1.807, 2.05) is 18.2 Å². The van der Waals surface area contributed by atoms with Gasteiger partial charge in [-0.15, -0.1) is 0 Å². The van der Waals surface area contributed by atoms with Crippen molar-refractivity contribution < 1.29 is 9.72 Å². The number of aromatic nitrogens is 1. The lowest BCUT2D eigenvalue weighted by atomic mass is 10.2. The van der Waals surface area contributed by atoms with Gasteiger partial charge >= 0.3 is 0 Å². The summed E-state index contributed by atoms with van der Waals surface area (Å²) in [5.74, 6) is -0.0738. The Morgan fingerprint density at radius 2 is 1.86 bits per heavy atom. The van der Waals surface area contributed by atoms with Crippen LogP contribution < -0.4 is 4.90 Å². The van der Waals surface area contributed by atoms with Gasteiger partial charge in [-0.3, -0.25) is 14.9 Å². The molecule has 0 unspecified atom stereocenters. The van der Waals surface area contributed by atoms with Gasteiger partial charge in [0, 0.05) is 44.4 Å². The number of para-hydroxylation sites is 1. The van der Waals surface area contributed by atoms with Crippen molar-refractivity contribution in [2.75, 3.05) is 31.1 Å². The Morgan fingerprint density at radius 3 is 2.52 bits per heavy atom. The van der Waals surface area contributed by atoms with E-state index < -0.39 is 4.92 Å². The molecule has 29 heavy (non-hydrogen) atoms. The molecule has 0 saturated carbocycles. The van der Waals surface area contributed by atoms with Crippen LogP contribution in [0.3, 0.4) is 0 Å². The smallest absolute Gasteiger partial charge is 0.269 e. The number of hydrogen-bond acceptors (Lipinski definition) is 6. The highest BCUT2D eigenvalue weighted by atomic mass is 35.5. The maximum Gasteiger partial charge on any atom is 0.269 e. The molecule has 2 heterocycles. The number of nitro groups is 1. The molecule has 1 aliphatic rings. The minimum Gasteiger partial charge on any atom is -0.345 e. The summed E-state index contributed by atoms with van der Waals surface area (Å²) in [6.45, 7) is 2.61. The molecule has 1 aromatic heterocycles. The maximum atomic E-state index is 12.5. The molecule has 0 atom stereocenters. The zero-order valence-electron chi connectivity index (χ0n) is 15.3. The predicted octanol–water partition coefficient (Wildman–Crippen LogP) is 4.22. The Kier molecular flexibility index (Phi) is 5.46. The van der Waals surface area contributed by atoms with Crippen LogP contribution in [-0.2, 0) is 4.79 Å². The first-order valence-electron chi connectivity index (χ1n) is 9.03. The lowest BCUT2D eigenvalue weighted by molar-refractivity contribution is -0.384. The van der Waals surface area contributed by atoms with E-state index in [9.17, 15) is 14.9 Å². The van der Waals surface area contributed by atoms with Crippen molar-refractivity contribution in [2.24, 2.45) is 0 Å². The highest BCUT2D eigenvalue weighted by Crippen LogP contribution is 2.33. The molecule has 4 rings (SSSR count). The van der Waals surface area contributed by atoms with Crippen LogP contribution in [0.25, 0.3) is 16.3 Å². The molecule has 3 aromatic rings. The van der Waals surface area contributed by atoms with E-state index in [1.54, 1.807) is 34.4 Å². The van der Waals surface area contributed by atoms with Crippen molar-refractivity contribution in [1.29, 1.82) is 0 Å². The average molecular weight is 429 g/mol. The minimum absolute atomic E-state index is 0.0285. The first-order valence-corrected chi connectivity index (χ1v) is 10.2. The van der Waals surface area contributed by atoms with E-state index in [1.165, 1.54) is 18.2 Å². The van der Waals surface area contributed by atoms with E-state index in [2.05, 4.69) is 9.88 Å². The third-order valence-electron chi connectivity index (χ3n) is 4.74.